The number of rotatable bonds is 5. The Kier molecular flexibility index (Phi) is 5.12. The summed E-state index contributed by atoms with van der Waals surface area (Å²) < 4.78 is 7.66. The average Bonchev–Trinajstić information content (AvgIpc) is 2.65. The normalized spacial score (nSPS) is 11.0. The molecule has 1 heterocycles. The highest BCUT2D eigenvalue weighted by molar-refractivity contribution is 5.82. The lowest BCUT2D eigenvalue weighted by molar-refractivity contribution is -0.122. The molecule has 1 aromatic heterocycles. The first-order chi connectivity index (χ1) is 12.9. The molecule has 0 aliphatic heterocycles. The molecule has 0 saturated carbocycles. The second-order valence-corrected chi connectivity index (χ2v) is 6.42. The third-order valence-electron chi connectivity index (χ3n) is 4.13. The van der Waals surface area contributed by atoms with E-state index < -0.39 is 11.2 Å². The van der Waals surface area contributed by atoms with Crippen molar-refractivity contribution in [1.29, 1.82) is 0 Å². The first-order valence-corrected chi connectivity index (χ1v) is 8.61. The summed E-state index contributed by atoms with van der Waals surface area (Å²) >= 11 is 0. The lowest BCUT2D eigenvalue weighted by Gasteiger charge is -2.16. The molecule has 0 radical (unpaired) electrons. The number of aromatic nitrogens is 2. The van der Waals surface area contributed by atoms with Gasteiger partial charge in [0.25, 0.3) is 5.56 Å². The summed E-state index contributed by atoms with van der Waals surface area (Å²) in [5.41, 5.74) is -0.306. The maximum Gasteiger partial charge on any atom is 0.336 e. The zero-order chi connectivity index (χ0) is 19.6. The fourth-order valence-corrected chi connectivity index (χ4v) is 3.01. The van der Waals surface area contributed by atoms with E-state index in [2.05, 4.69) is 5.32 Å². The van der Waals surface area contributed by atoms with Gasteiger partial charge in [-0.1, -0.05) is 24.3 Å². The number of hydrogen-bond donors (Lipinski definition) is 1. The summed E-state index contributed by atoms with van der Waals surface area (Å²) in [6.07, 6.45) is 0. The van der Waals surface area contributed by atoms with Gasteiger partial charge in [0.15, 0.2) is 0 Å². The van der Waals surface area contributed by atoms with Crippen molar-refractivity contribution in [2.75, 3.05) is 7.11 Å². The lowest BCUT2D eigenvalue weighted by atomic mass is 10.2. The molecule has 0 unspecified atom stereocenters. The SMILES string of the molecule is COc1ccccc1-n1c(=O)c2ccccc2n(CC(=O)NC(C)C)c1=O. The van der Waals surface area contributed by atoms with Gasteiger partial charge in [0, 0.05) is 6.04 Å². The molecule has 0 spiro atoms. The molecule has 3 rings (SSSR count). The van der Waals surface area contributed by atoms with Crippen LogP contribution in [0.3, 0.4) is 0 Å². The Morgan fingerprint density at radius 1 is 1.07 bits per heavy atom. The van der Waals surface area contributed by atoms with Gasteiger partial charge in [-0.3, -0.25) is 14.2 Å². The van der Waals surface area contributed by atoms with Crippen molar-refractivity contribution in [3.8, 4) is 11.4 Å². The van der Waals surface area contributed by atoms with Crippen LogP contribution >= 0.6 is 0 Å². The van der Waals surface area contributed by atoms with Crippen LogP contribution in [-0.4, -0.2) is 28.2 Å². The predicted octanol–water partition coefficient (Wildman–Crippen LogP) is 1.69. The quantitative estimate of drug-likeness (QED) is 0.744. The molecule has 7 nitrogen and oxygen atoms in total. The number of carbonyl (C=O) groups is 1. The molecule has 0 bridgehead atoms. The Bertz CT molecular complexity index is 1110. The highest BCUT2D eigenvalue weighted by Crippen LogP contribution is 2.20. The number of nitrogens with one attached hydrogen (secondary N) is 1. The van der Waals surface area contributed by atoms with Crippen molar-refractivity contribution < 1.29 is 9.53 Å². The van der Waals surface area contributed by atoms with Gasteiger partial charge in [-0.2, -0.15) is 0 Å². The third kappa shape index (κ3) is 3.48. The van der Waals surface area contributed by atoms with Gasteiger partial charge in [0.1, 0.15) is 12.3 Å². The van der Waals surface area contributed by atoms with Crippen molar-refractivity contribution >= 4 is 16.8 Å². The number of para-hydroxylation sites is 3. The molecule has 7 heteroatoms. The maximum absolute atomic E-state index is 13.2. The van der Waals surface area contributed by atoms with Gasteiger partial charge in [0.2, 0.25) is 5.91 Å². The minimum absolute atomic E-state index is 0.0559. The largest absolute Gasteiger partial charge is 0.495 e. The van der Waals surface area contributed by atoms with Gasteiger partial charge in [0.05, 0.1) is 23.7 Å². The molecule has 0 aliphatic carbocycles. The van der Waals surface area contributed by atoms with Crippen LogP contribution in [0.25, 0.3) is 16.6 Å². The van der Waals surface area contributed by atoms with Crippen LogP contribution in [0.4, 0.5) is 0 Å². The number of carbonyl (C=O) groups excluding carboxylic acids is 1. The van der Waals surface area contributed by atoms with Crippen molar-refractivity contribution in [2.24, 2.45) is 0 Å². The van der Waals surface area contributed by atoms with E-state index in [9.17, 15) is 14.4 Å². The topological polar surface area (TPSA) is 82.3 Å². The van der Waals surface area contributed by atoms with E-state index in [1.54, 1.807) is 48.5 Å². The van der Waals surface area contributed by atoms with Crippen molar-refractivity contribution in [3.05, 3.63) is 69.4 Å². The minimum Gasteiger partial charge on any atom is -0.495 e. The fourth-order valence-electron chi connectivity index (χ4n) is 3.01. The number of amides is 1. The van der Waals surface area contributed by atoms with Gasteiger partial charge < -0.3 is 10.1 Å². The van der Waals surface area contributed by atoms with Gasteiger partial charge in [-0.15, -0.1) is 0 Å². The Balaban J connectivity index is 2.31. The molecule has 2 aromatic carbocycles. The van der Waals surface area contributed by atoms with Crippen molar-refractivity contribution in [3.63, 3.8) is 0 Å². The highest BCUT2D eigenvalue weighted by atomic mass is 16.5. The standard InChI is InChI=1S/C20H21N3O4/c1-13(2)21-18(24)12-22-15-9-5-4-8-14(15)19(25)23(20(22)26)16-10-6-7-11-17(16)27-3/h4-11,13H,12H2,1-3H3,(H,21,24). The summed E-state index contributed by atoms with van der Waals surface area (Å²) in [5.74, 6) is 0.0904. The van der Waals surface area contributed by atoms with Crippen molar-refractivity contribution in [1.82, 2.24) is 14.5 Å². The average molecular weight is 367 g/mol. The Hall–Kier alpha value is -3.35. The van der Waals surface area contributed by atoms with Crippen molar-refractivity contribution in [2.45, 2.75) is 26.4 Å². The first-order valence-electron chi connectivity index (χ1n) is 8.61. The number of fused-ring (bicyclic) bond motifs is 1. The third-order valence-corrected chi connectivity index (χ3v) is 4.13. The maximum atomic E-state index is 13.2. The van der Waals surface area contributed by atoms with Gasteiger partial charge in [-0.05, 0) is 38.1 Å². The second kappa shape index (κ2) is 7.49. The lowest BCUT2D eigenvalue weighted by Crippen LogP contribution is -2.42. The van der Waals surface area contributed by atoms with Crippen LogP contribution in [0.15, 0.2) is 58.1 Å². The molecule has 0 atom stereocenters. The van der Waals surface area contributed by atoms with Crippen LogP contribution in [0, 0.1) is 0 Å². The van der Waals surface area contributed by atoms with Crippen LogP contribution < -0.4 is 21.3 Å². The van der Waals surface area contributed by atoms with E-state index in [0.29, 0.717) is 22.3 Å². The highest BCUT2D eigenvalue weighted by Gasteiger charge is 2.18. The molecular weight excluding hydrogens is 346 g/mol. The zero-order valence-corrected chi connectivity index (χ0v) is 15.4. The molecule has 140 valence electrons. The van der Waals surface area contributed by atoms with E-state index >= 15 is 0 Å². The van der Waals surface area contributed by atoms with E-state index in [-0.39, 0.29) is 18.5 Å². The summed E-state index contributed by atoms with van der Waals surface area (Å²) in [6, 6.07) is 13.5. The van der Waals surface area contributed by atoms with Gasteiger partial charge in [-0.25, -0.2) is 9.36 Å². The first kappa shape index (κ1) is 18.4. The van der Waals surface area contributed by atoms with Gasteiger partial charge >= 0.3 is 5.69 Å². The summed E-state index contributed by atoms with van der Waals surface area (Å²) in [5, 5.41) is 3.12. The number of hydrogen-bond acceptors (Lipinski definition) is 4. The number of methoxy groups -OCH3 is 1. The molecule has 0 fully saturated rings. The van der Waals surface area contributed by atoms with E-state index in [4.69, 9.17) is 4.74 Å². The summed E-state index contributed by atoms with van der Waals surface area (Å²) in [4.78, 5) is 38.5. The van der Waals surface area contributed by atoms with E-state index in [1.165, 1.54) is 11.7 Å². The molecule has 1 N–H and O–H groups in total. The minimum atomic E-state index is -0.595. The number of ether oxygens (including phenoxy) is 1. The molecule has 27 heavy (non-hydrogen) atoms. The summed E-state index contributed by atoms with van der Waals surface area (Å²) in [6.45, 7) is 3.50. The van der Waals surface area contributed by atoms with Crippen LogP contribution in [-0.2, 0) is 11.3 Å². The number of nitrogens with zero attached hydrogens (tertiary/aromatic N) is 2. The van der Waals surface area contributed by atoms with E-state index in [1.807, 2.05) is 13.8 Å². The molecule has 1 amide bonds. The van der Waals surface area contributed by atoms with E-state index in [0.717, 1.165) is 4.57 Å². The van der Waals surface area contributed by atoms with Crippen LogP contribution in [0.1, 0.15) is 13.8 Å². The zero-order valence-electron chi connectivity index (χ0n) is 15.4. The molecule has 0 saturated heterocycles. The Morgan fingerprint density at radius 3 is 2.44 bits per heavy atom. The molecule has 0 aliphatic rings. The van der Waals surface area contributed by atoms with Crippen LogP contribution in [0.2, 0.25) is 0 Å². The fraction of sp³-hybridized carbons (Fsp3) is 0.250. The second-order valence-electron chi connectivity index (χ2n) is 6.42. The number of benzene rings is 2. The predicted molar refractivity (Wildman–Crippen MR) is 104 cm³/mol. The summed E-state index contributed by atoms with van der Waals surface area (Å²) in [7, 11) is 1.47. The Labute approximate surface area is 155 Å². The monoisotopic (exact) mass is 367 g/mol. The van der Waals surface area contributed by atoms with Crippen LogP contribution in [0.5, 0.6) is 5.75 Å². The smallest absolute Gasteiger partial charge is 0.336 e. The molecular formula is C20H21N3O4. The molecule has 3 aromatic rings. The Morgan fingerprint density at radius 2 is 1.74 bits per heavy atom.